The normalized spacial score (nSPS) is 13.3. The molecule has 0 fully saturated rings. The Labute approximate surface area is 184 Å². The molecule has 2 N–H and O–H groups in total. The largest absolute Gasteiger partial charge is 0.497 e. The van der Waals surface area contributed by atoms with E-state index < -0.39 is 13.9 Å². The van der Waals surface area contributed by atoms with Crippen LogP contribution in [0.1, 0.15) is 17.0 Å². The van der Waals surface area contributed by atoms with Gasteiger partial charge in [0, 0.05) is 28.2 Å². The second-order valence-electron chi connectivity index (χ2n) is 6.47. The maximum Gasteiger partial charge on any atom is 0.232 e. The van der Waals surface area contributed by atoms with Crippen molar-refractivity contribution in [2.75, 3.05) is 20.4 Å². The molecule has 30 heavy (non-hydrogen) atoms. The molecule has 0 aliphatic heterocycles. The van der Waals surface area contributed by atoms with Gasteiger partial charge in [-0.2, -0.15) is 0 Å². The first kappa shape index (κ1) is 22.4. The number of amides is 1. The number of nitrogens with one attached hydrogen (secondary N) is 1. The number of ether oxygens (including phenoxy) is 2. The molecule has 0 spiro atoms. The van der Waals surface area contributed by atoms with E-state index in [1.807, 2.05) is 11.4 Å². The molecule has 0 aliphatic carbocycles. The lowest BCUT2D eigenvalue weighted by Crippen LogP contribution is -2.26. The van der Waals surface area contributed by atoms with Crippen molar-refractivity contribution in [3.05, 3.63) is 64.1 Å². The number of hydrogen-bond donors (Lipinski definition) is 2. The smallest absolute Gasteiger partial charge is 0.232 e. The van der Waals surface area contributed by atoms with Gasteiger partial charge in [-0.25, -0.2) is 0 Å². The molecule has 0 saturated carbocycles. The summed E-state index contributed by atoms with van der Waals surface area (Å²) in [7, 11) is 0.246. The van der Waals surface area contributed by atoms with Crippen LogP contribution in [0.2, 0.25) is 5.02 Å². The molecule has 6 nitrogen and oxygen atoms in total. The van der Waals surface area contributed by atoms with E-state index in [4.69, 9.17) is 21.1 Å². The topological polar surface area (TPSA) is 84.9 Å². The summed E-state index contributed by atoms with van der Waals surface area (Å²) in [5, 5.41) is 5.92. The van der Waals surface area contributed by atoms with Gasteiger partial charge in [0.2, 0.25) is 5.91 Å². The first-order valence-corrected chi connectivity index (χ1v) is 11.8. The van der Waals surface area contributed by atoms with E-state index in [1.165, 1.54) is 17.5 Å². The van der Waals surface area contributed by atoms with Gasteiger partial charge in [0.05, 0.1) is 20.1 Å². The highest BCUT2D eigenvalue weighted by molar-refractivity contribution is 7.38. The Morgan fingerprint density at radius 2 is 1.93 bits per heavy atom. The maximum atomic E-state index is 12.9. The summed E-state index contributed by atoms with van der Waals surface area (Å²) in [6.07, 6.45) is 3.06. The number of rotatable bonds is 8. The zero-order valence-corrected chi connectivity index (χ0v) is 18.9. The van der Waals surface area contributed by atoms with Crippen molar-refractivity contribution in [2.24, 2.45) is 0 Å². The Balaban J connectivity index is 1.83. The molecule has 1 heterocycles. The van der Waals surface area contributed by atoms with Crippen LogP contribution in [0.3, 0.4) is 0 Å². The molecule has 2 atom stereocenters. The van der Waals surface area contributed by atoms with Crippen LogP contribution in [-0.2, 0) is 9.36 Å². The van der Waals surface area contributed by atoms with Gasteiger partial charge in [0.1, 0.15) is 11.5 Å². The van der Waals surface area contributed by atoms with Gasteiger partial charge in [0.25, 0.3) is 0 Å². The molecule has 3 rings (SSSR count). The van der Waals surface area contributed by atoms with Gasteiger partial charge >= 0.3 is 0 Å². The number of fused-ring (bicyclic) bond motifs is 1. The molecular formula is C21H21ClNO5PS. The van der Waals surface area contributed by atoms with Crippen LogP contribution in [0.5, 0.6) is 11.5 Å². The highest BCUT2D eigenvalue weighted by Crippen LogP contribution is 2.36. The summed E-state index contributed by atoms with van der Waals surface area (Å²) in [6.45, 7) is 0. The molecule has 0 aliphatic rings. The number of thiophene rings is 1. The average Bonchev–Trinajstić information content (AvgIpc) is 3.14. The molecule has 0 radical (unpaired) electrons. The van der Waals surface area contributed by atoms with Crippen LogP contribution >= 0.6 is 31.0 Å². The predicted molar refractivity (Wildman–Crippen MR) is 122 cm³/mol. The third-order valence-corrected chi connectivity index (χ3v) is 6.49. The lowest BCUT2D eigenvalue weighted by molar-refractivity contribution is -0.121. The number of carbonyl (C=O) groups excluding carboxylic acids is 1. The predicted octanol–water partition coefficient (Wildman–Crippen LogP) is 4.91. The fraction of sp³-hybridized carbons (Fsp3) is 0.190. The van der Waals surface area contributed by atoms with Crippen molar-refractivity contribution in [2.45, 2.75) is 5.92 Å². The van der Waals surface area contributed by atoms with Crippen molar-refractivity contribution >= 4 is 53.0 Å². The monoisotopic (exact) mass is 465 g/mol. The van der Waals surface area contributed by atoms with E-state index >= 15 is 0 Å². The fourth-order valence-electron chi connectivity index (χ4n) is 3.06. The number of methoxy groups -OCH3 is 2. The van der Waals surface area contributed by atoms with Gasteiger partial charge in [-0.15, -0.1) is 11.3 Å². The van der Waals surface area contributed by atoms with Crippen LogP contribution < -0.4 is 14.8 Å². The van der Waals surface area contributed by atoms with E-state index in [2.05, 4.69) is 5.32 Å². The van der Waals surface area contributed by atoms with Crippen molar-refractivity contribution in [1.82, 2.24) is 5.32 Å². The van der Waals surface area contributed by atoms with Gasteiger partial charge in [-0.05, 0) is 58.3 Å². The molecule has 2 aromatic carbocycles. The van der Waals surface area contributed by atoms with Crippen LogP contribution in [-0.4, -0.2) is 31.2 Å². The van der Waals surface area contributed by atoms with E-state index in [1.54, 1.807) is 50.6 Å². The summed E-state index contributed by atoms with van der Waals surface area (Å²) >= 11 is 7.57. The highest BCUT2D eigenvalue weighted by atomic mass is 35.5. The standard InChI is InChI=1S/C21H21ClNO5PS/c1-27-15-7-13(8-16(10-15)28-2)5-6-23-21(24)18(11-29(25)26)19-12-30-20-4-3-14(22)9-17(19)20/h3-10,12,18,29H,11H2,1-2H3,(H,23,24)(H,25,26)/b6-5+. The lowest BCUT2D eigenvalue weighted by Gasteiger charge is -2.14. The summed E-state index contributed by atoms with van der Waals surface area (Å²) in [5.41, 5.74) is 1.46. The van der Waals surface area contributed by atoms with Crippen molar-refractivity contribution in [3.63, 3.8) is 0 Å². The number of benzene rings is 2. The third kappa shape index (κ3) is 5.43. The molecule has 0 saturated heterocycles. The summed E-state index contributed by atoms with van der Waals surface area (Å²) in [4.78, 5) is 22.4. The Morgan fingerprint density at radius 3 is 2.57 bits per heavy atom. The summed E-state index contributed by atoms with van der Waals surface area (Å²) < 4.78 is 23.0. The van der Waals surface area contributed by atoms with Crippen molar-refractivity contribution in [3.8, 4) is 11.5 Å². The zero-order valence-electron chi connectivity index (χ0n) is 16.3. The molecule has 1 aromatic heterocycles. The Bertz CT molecular complexity index is 1090. The average molecular weight is 466 g/mol. The summed E-state index contributed by atoms with van der Waals surface area (Å²) in [6, 6.07) is 10.8. The van der Waals surface area contributed by atoms with Crippen molar-refractivity contribution < 1.29 is 23.7 Å². The first-order chi connectivity index (χ1) is 14.4. The maximum absolute atomic E-state index is 12.9. The minimum absolute atomic E-state index is 0.143. The molecular weight excluding hydrogens is 445 g/mol. The van der Waals surface area contributed by atoms with E-state index in [-0.39, 0.29) is 12.1 Å². The number of hydrogen-bond acceptors (Lipinski definition) is 5. The molecule has 2 unspecified atom stereocenters. The number of halogens is 1. The van der Waals surface area contributed by atoms with E-state index in [0.717, 1.165) is 15.6 Å². The molecule has 3 aromatic rings. The van der Waals surface area contributed by atoms with Crippen LogP contribution in [0.4, 0.5) is 0 Å². The fourth-order valence-corrected chi connectivity index (χ4v) is 4.98. The van der Waals surface area contributed by atoms with Crippen LogP contribution in [0.25, 0.3) is 16.2 Å². The zero-order chi connectivity index (χ0) is 21.7. The minimum Gasteiger partial charge on any atom is -0.497 e. The Kier molecular flexibility index (Phi) is 7.56. The van der Waals surface area contributed by atoms with Crippen molar-refractivity contribution in [1.29, 1.82) is 0 Å². The van der Waals surface area contributed by atoms with Gasteiger partial charge < -0.3 is 19.7 Å². The third-order valence-electron chi connectivity index (χ3n) is 4.51. The van der Waals surface area contributed by atoms with Crippen LogP contribution in [0, 0.1) is 0 Å². The SMILES string of the molecule is COc1cc(/C=C/NC(=O)C(C[PH](=O)O)c2csc3ccc(Cl)cc23)cc(OC)c1. The Morgan fingerprint density at radius 1 is 1.23 bits per heavy atom. The first-order valence-electron chi connectivity index (χ1n) is 8.99. The molecule has 0 bridgehead atoms. The van der Waals surface area contributed by atoms with Crippen LogP contribution in [0.15, 0.2) is 48.0 Å². The van der Waals surface area contributed by atoms with Gasteiger partial charge in [-0.3, -0.25) is 9.36 Å². The molecule has 9 heteroatoms. The van der Waals surface area contributed by atoms with Gasteiger partial charge in [-0.1, -0.05) is 11.6 Å². The highest BCUT2D eigenvalue weighted by Gasteiger charge is 2.25. The Hall–Kier alpha value is -2.31. The minimum atomic E-state index is -2.87. The second kappa shape index (κ2) is 10.1. The van der Waals surface area contributed by atoms with E-state index in [0.29, 0.717) is 22.1 Å². The van der Waals surface area contributed by atoms with E-state index in [9.17, 15) is 14.3 Å². The lowest BCUT2D eigenvalue weighted by atomic mass is 9.99. The van der Waals surface area contributed by atoms with Gasteiger partial charge in [0.15, 0.2) is 8.03 Å². The quantitative estimate of drug-likeness (QED) is 0.462. The molecule has 1 amide bonds. The summed E-state index contributed by atoms with van der Waals surface area (Å²) in [5.74, 6) is 0.115. The second-order valence-corrected chi connectivity index (χ2v) is 9.01. The molecule has 158 valence electrons. The number of carbonyl (C=O) groups is 1.